The minimum absolute atomic E-state index is 0.0818. The molecule has 0 bridgehead atoms. The zero-order valence-electron chi connectivity index (χ0n) is 5.89. The highest BCUT2D eigenvalue weighted by Gasteiger charge is 2.28. The van der Waals surface area contributed by atoms with Crippen molar-refractivity contribution in [3.05, 3.63) is 0 Å². The molecule has 1 rings (SSSR count). The van der Waals surface area contributed by atoms with Crippen LogP contribution in [0.1, 0.15) is 6.92 Å². The standard InChI is InChI=1S/C5H12BNO2/c1-5(7)3-8-6(2)9-4-5/h3-4,7H2,1-2H3. The van der Waals surface area contributed by atoms with E-state index in [4.69, 9.17) is 15.0 Å². The Balaban J connectivity index is 2.35. The molecule has 0 aromatic heterocycles. The van der Waals surface area contributed by atoms with Crippen LogP contribution in [0, 0.1) is 0 Å². The highest BCUT2D eigenvalue weighted by atomic mass is 16.6. The van der Waals surface area contributed by atoms with Gasteiger partial charge < -0.3 is 15.0 Å². The molecule has 3 nitrogen and oxygen atoms in total. The Labute approximate surface area is 55.7 Å². The summed E-state index contributed by atoms with van der Waals surface area (Å²) in [5.74, 6) is 0. The van der Waals surface area contributed by atoms with Crippen molar-refractivity contribution >= 4 is 7.12 Å². The average Bonchev–Trinajstić information content (AvgIpc) is 1.78. The molecule has 1 saturated heterocycles. The molecule has 0 spiro atoms. The van der Waals surface area contributed by atoms with E-state index in [1.165, 1.54) is 0 Å². The number of nitrogens with two attached hydrogens (primary N) is 1. The fraction of sp³-hybridized carbons (Fsp3) is 1.00. The van der Waals surface area contributed by atoms with Crippen LogP contribution in [-0.4, -0.2) is 25.9 Å². The molecule has 0 atom stereocenters. The van der Waals surface area contributed by atoms with Crippen molar-refractivity contribution in [3.63, 3.8) is 0 Å². The lowest BCUT2D eigenvalue weighted by Crippen LogP contribution is -2.52. The van der Waals surface area contributed by atoms with Crippen LogP contribution in [0.25, 0.3) is 0 Å². The molecule has 1 aliphatic rings. The first-order valence-electron chi connectivity index (χ1n) is 3.12. The second-order valence-electron chi connectivity index (χ2n) is 2.84. The van der Waals surface area contributed by atoms with Gasteiger partial charge in [0, 0.05) is 0 Å². The van der Waals surface area contributed by atoms with Gasteiger partial charge in [0.05, 0.1) is 18.8 Å². The van der Waals surface area contributed by atoms with Gasteiger partial charge in [-0.3, -0.25) is 0 Å². The molecule has 0 aromatic carbocycles. The molecule has 9 heavy (non-hydrogen) atoms. The Bertz CT molecular complexity index is 97.1. The van der Waals surface area contributed by atoms with Gasteiger partial charge in [-0.25, -0.2) is 0 Å². The lowest BCUT2D eigenvalue weighted by molar-refractivity contribution is 0.0710. The van der Waals surface area contributed by atoms with Gasteiger partial charge in [0.25, 0.3) is 0 Å². The zero-order chi connectivity index (χ0) is 6.91. The van der Waals surface area contributed by atoms with E-state index in [1.54, 1.807) is 0 Å². The van der Waals surface area contributed by atoms with E-state index in [0.29, 0.717) is 13.2 Å². The van der Waals surface area contributed by atoms with Crippen molar-refractivity contribution in [2.24, 2.45) is 5.73 Å². The van der Waals surface area contributed by atoms with Crippen molar-refractivity contribution in [3.8, 4) is 0 Å². The average molecular weight is 129 g/mol. The summed E-state index contributed by atoms with van der Waals surface area (Å²) >= 11 is 0. The Morgan fingerprint density at radius 1 is 1.44 bits per heavy atom. The van der Waals surface area contributed by atoms with Gasteiger partial charge in [0.2, 0.25) is 0 Å². The van der Waals surface area contributed by atoms with Crippen molar-refractivity contribution in [1.82, 2.24) is 0 Å². The smallest absolute Gasteiger partial charge is 0.409 e. The Morgan fingerprint density at radius 2 is 1.89 bits per heavy atom. The Morgan fingerprint density at radius 3 is 2.22 bits per heavy atom. The van der Waals surface area contributed by atoms with Gasteiger partial charge in [-0.05, 0) is 13.7 Å². The molecular weight excluding hydrogens is 117 g/mol. The summed E-state index contributed by atoms with van der Waals surface area (Å²) in [5.41, 5.74) is 5.40. The molecule has 0 aromatic rings. The largest absolute Gasteiger partial charge is 0.453 e. The minimum atomic E-state index is -0.285. The number of hydrogen-bond donors (Lipinski definition) is 1. The molecule has 4 heteroatoms. The molecule has 52 valence electrons. The van der Waals surface area contributed by atoms with Crippen LogP contribution in [-0.2, 0) is 9.31 Å². The fourth-order valence-corrected chi connectivity index (χ4v) is 0.705. The molecule has 0 saturated carbocycles. The van der Waals surface area contributed by atoms with E-state index in [9.17, 15) is 0 Å². The summed E-state index contributed by atoms with van der Waals surface area (Å²) < 4.78 is 10.3. The van der Waals surface area contributed by atoms with Gasteiger partial charge in [-0.2, -0.15) is 0 Å². The van der Waals surface area contributed by atoms with Crippen molar-refractivity contribution in [1.29, 1.82) is 0 Å². The van der Waals surface area contributed by atoms with Crippen LogP contribution < -0.4 is 5.73 Å². The molecule has 1 fully saturated rings. The van der Waals surface area contributed by atoms with E-state index < -0.39 is 0 Å². The maximum atomic E-state index is 5.69. The van der Waals surface area contributed by atoms with Crippen LogP contribution in [0.2, 0.25) is 6.82 Å². The maximum absolute atomic E-state index is 5.69. The van der Waals surface area contributed by atoms with Crippen LogP contribution >= 0.6 is 0 Å². The van der Waals surface area contributed by atoms with Crippen LogP contribution in [0.15, 0.2) is 0 Å². The summed E-state index contributed by atoms with van der Waals surface area (Å²) in [6, 6.07) is 0. The van der Waals surface area contributed by atoms with Gasteiger partial charge in [0.15, 0.2) is 0 Å². The molecular formula is C5H12BNO2. The number of rotatable bonds is 0. The first-order chi connectivity index (χ1) is 4.10. The second kappa shape index (κ2) is 2.29. The highest BCUT2D eigenvalue weighted by molar-refractivity contribution is 6.42. The predicted molar refractivity (Wildman–Crippen MR) is 36.1 cm³/mol. The SMILES string of the molecule is CB1OCC(C)(N)CO1. The van der Waals surface area contributed by atoms with Gasteiger partial charge in [-0.1, -0.05) is 0 Å². The molecule has 2 N–H and O–H groups in total. The van der Waals surface area contributed by atoms with Crippen molar-refractivity contribution in [2.75, 3.05) is 13.2 Å². The quantitative estimate of drug-likeness (QED) is 0.463. The minimum Gasteiger partial charge on any atom is -0.409 e. The van der Waals surface area contributed by atoms with Gasteiger partial charge in [-0.15, -0.1) is 0 Å². The van der Waals surface area contributed by atoms with E-state index >= 15 is 0 Å². The topological polar surface area (TPSA) is 44.5 Å². The van der Waals surface area contributed by atoms with Crippen molar-refractivity contribution in [2.45, 2.75) is 19.3 Å². The van der Waals surface area contributed by atoms with Crippen molar-refractivity contribution < 1.29 is 9.31 Å². The van der Waals surface area contributed by atoms with Crippen LogP contribution in [0.4, 0.5) is 0 Å². The zero-order valence-corrected chi connectivity index (χ0v) is 5.89. The summed E-state index contributed by atoms with van der Waals surface area (Å²) in [4.78, 5) is 0. The predicted octanol–water partition coefficient (Wildman–Crippen LogP) is -0.131. The third kappa shape index (κ3) is 1.97. The molecule has 0 aliphatic carbocycles. The maximum Gasteiger partial charge on any atom is 0.453 e. The summed E-state index contributed by atoms with van der Waals surface area (Å²) in [7, 11) is -0.0818. The first-order valence-corrected chi connectivity index (χ1v) is 3.12. The van der Waals surface area contributed by atoms with Crippen LogP contribution in [0.3, 0.4) is 0 Å². The lowest BCUT2D eigenvalue weighted by atomic mass is 9.90. The van der Waals surface area contributed by atoms with Crippen LogP contribution in [0.5, 0.6) is 0 Å². The van der Waals surface area contributed by atoms with Gasteiger partial charge >= 0.3 is 7.12 Å². The summed E-state index contributed by atoms with van der Waals surface area (Å²) in [5, 5.41) is 0. The Kier molecular flexibility index (Phi) is 1.79. The Hall–Kier alpha value is -0.0551. The summed E-state index contributed by atoms with van der Waals surface area (Å²) in [6.07, 6.45) is 0. The van der Waals surface area contributed by atoms with E-state index in [0.717, 1.165) is 0 Å². The van der Waals surface area contributed by atoms with Gasteiger partial charge in [0.1, 0.15) is 0 Å². The third-order valence-electron chi connectivity index (χ3n) is 1.30. The highest BCUT2D eigenvalue weighted by Crippen LogP contribution is 2.09. The lowest BCUT2D eigenvalue weighted by Gasteiger charge is -2.31. The van der Waals surface area contributed by atoms with E-state index in [-0.39, 0.29) is 12.7 Å². The number of hydrogen-bond acceptors (Lipinski definition) is 3. The fourth-order valence-electron chi connectivity index (χ4n) is 0.705. The molecule has 1 heterocycles. The van der Waals surface area contributed by atoms with E-state index in [1.807, 2.05) is 13.7 Å². The first kappa shape index (κ1) is 7.06. The second-order valence-corrected chi connectivity index (χ2v) is 2.84. The summed E-state index contributed by atoms with van der Waals surface area (Å²) in [6.45, 7) is 4.97. The molecule has 1 aliphatic heterocycles. The normalized spacial score (nSPS) is 26.3. The van der Waals surface area contributed by atoms with E-state index in [2.05, 4.69) is 0 Å². The molecule has 0 radical (unpaired) electrons. The monoisotopic (exact) mass is 129 g/mol. The molecule has 0 unspecified atom stereocenters. The molecule has 0 amide bonds. The third-order valence-corrected chi connectivity index (χ3v) is 1.30.